The molecule has 1 heterocycles. The minimum Gasteiger partial charge on any atom is -0.313 e. The van der Waals surface area contributed by atoms with E-state index in [2.05, 4.69) is 11.4 Å². The zero-order valence-corrected chi connectivity index (χ0v) is 12.2. The number of nitrogens with one attached hydrogen (secondary N) is 1. The smallest absolute Gasteiger partial charge is 0.249 e. The van der Waals surface area contributed by atoms with Crippen molar-refractivity contribution in [2.45, 2.75) is 19.3 Å². The molecule has 1 aliphatic rings. The van der Waals surface area contributed by atoms with E-state index in [4.69, 9.17) is 0 Å². The van der Waals surface area contributed by atoms with E-state index in [1.165, 1.54) is 22.3 Å². The Bertz CT molecular complexity index is 738. The maximum atomic E-state index is 12.0. The number of fused-ring (bicyclic) bond motifs is 1. The first kappa shape index (κ1) is 13.6. The van der Waals surface area contributed by atoms with Crippen LogP contribution in [0, 0.1) is 11.3 Å². The van der Waals surface area contributed by atoms with Gasteiger partial charge in [0.2, 0.25) is 5.91 Å². The highest BCUT2D eigenvalue weighted by atomic mass is 32.1. The van der Waals surface area contributed by atoms with Gasteiger partial charge in [-0.05, 0) is 36.5 Å². The third-order valence-electron chi connectivity index (χ3n) is 3.50. The van der Waals surface area contributed by atoms with E-state index in [1.807, 2.05) is 30.3 Å². The van der Waals surface area contributed by atoms with Crippen LogP contribution in [0.3, 0.4) is 0 Å². The van der Waals surface area contributed by atoms with Gasteiger partial charge >= 0.3 is 0 Å². The SMILES string of the molecule is N#Cc1c(NC(=O)C=Cc2ccccc2)sc2c1CCC2. The molecule has 4 heteroatoms. The fourth-order valence-corrected chi connectivity index (χ4v) is 3.74. The van der Waals surface area contributed by atoms with Gasteiger partial charge in [-0.25, -0.2) is 0 Å². The molecule has 104 valence electrons. The predicted molar refractivity (Wildman–Crippen MR) is 85.2 cm³/mol. The molecule has 1 aliphatic carbocycles. The molecular formula is C17H14N2OS. The van der Waals surface area contributed by atoms with Crippen LogP contribution >= 0.6 is 11.3 Å². The Morgan fingerprint density at radius 3 is 2.86 bits per heavy atom. The second-order valence-corrected chi connectivity index (χ2v) is 6.01. The largest absolute Gasteiger partial charge is 0.313 e. The summed E-state index contributed by atoms with van der Waals surface area (Å²) >= 11 is 1.53. The lowest BCUT2D eigenvalue weighted by Crippen LogP contribution is -2.07. The molecule has 0 fully saturated rings. The van der Waals surface area contributed by atoms with E-state index in [1.54, 1.807) is 6.08 Å². The molecule has 0 radical (unpaired) electrons. The van der Waals surface area contributed by atoms with Gasteiger partial charge < -0.3 is 5.32 Å². The molecule has 1 N–H and O–H groups in total. The Kier molecular flexibility index (Phi) is 3.85. The summed E-state index contributed by atoms with van der Waals surface area (Å²) in [5, 5.41) is 12.8. The van der Waals surface area contributed by atoms with E-state index in [0.29, 0.717) is 10.6 Å². The van der Waals surface area contributed by atoms with Crippen molar-refractivity contribution >= 4 is 28.3 Å². The molecule has 21 heavy (non-hydrogen) atoms. The quantitative estimate of drug-likeness (QED) is 0.876. The van der Waals surface area contributed by atoms with E-state index >= 15 is 0 Å². The average Bonchev–Trinajstić information content (AvgIpc) is 3.06. The van der Waals surface area contributed by atoms with Gasteiger partial charge in [0.25, 0.3) is 0 Å². The molecule has 2 aromatic rings. The first-order valence-electron chi connectivity index (χ1n) is 6.86. The van der Waals surface area contributed by atoms with Crippen LogP contribution in [0.4, 0.5) is 5.00 Å². The molecule has 0 spiro atoms. The number of nitrogens with zero attached hydrogens (tertiary/aromatic N) is 1. The second-order valence-electron chi connectivity index (χ2n) is 4.91. The highest BCUT2D eigenvalue weighted by molar-refractivity contribution is 7.16. The van der Waals surface area contributed by atoms with Crippen LogP contribution in [0.2, 0.25) is 0 Å². The Morgan fingerprint density at radius 1 is 1.29 bits per heavy atom. The molecular weight excluding hydrogens is 280 g/mol. The summed E-state index contributed by atoms with van der Waals surface area (Å²) in [6.07, 6.45) is 6.34. The van der Waals surface area contributed by atoms with Crippen molar-refractivity contribution in [3.8, 4) is 6.07 Å². The van der Waals surface area contributed by atoms with Crippen molar-refractivity contribution in [3.63, 3.8) is 0 Å². The Balaban J connectivity index is 1.74. The van der Waals surface area contributed by atoms with E-state index in [9.17, 15) is 10.1 Å². The van der Waals surface area contributed by atoms with Crippen molar-refractivity contribution in [1.82, 2.24) is 0 Å². The summed E-state index contributed by atoms with van der Waals surface area (Å²) in [6, 6.07) is 11.9. The summed E-state index contributed by atoms with van der Waals surface area (Å²) in [5.74, 6) is -0.199. The first-order chi connectivity index (χ1) is 10.3. The van der Waals surface area contributed by atoms with Gasteiger partial charge in [-0.3, -0.25) is 4.79 Å². The Hall–Kier alpha value is -2.38. The Labute approximate surface area is 127 Å². The zero-order valence-electron chi connectivity index (χ0n) is 11.4. The van der Waals surface area contributed by atoms with Crippen molar-refractivity contribution in [1.29, 1.82) is 5.26 Å². The molecule has 0 saturated carbocycles. The van der Waals surface area contributed by atoms with Gasteiger partial charge in [-0.2, -0.15) is 5.26 Å². The monoisotopic (exact) mass is 294 g/mol. The van der Waals surface area contributed by atoms with E-state index in [-0.39, 0.29) is 5.91 Å². The van der Waals surface area contributed by atoms with Gasteiger partial charge in [-0.1, -0.05) is 30.3 Å². The lowest BCUT2D eigenvalue weighted by atomic mass is 10.1. The van der Waals surface area contributed by atoms with Gasteiger partial charge in [0.05, 0.1) is 5.56 Å². The van der Waals surface area contributed by atoms with Gasteiger partial charge in [0.1, 0.15) is 11.1 Å². The van der Waals surface area contributed by atoms with Gasteiger partial charge in [0, 0.05) is 11.0 Å². The molecule has 3 nitrogen and oxygen atoms in total. The average molecular weight is 294 g/mol. The van der Waals surface area contributed by atoms with Gasteiger partial charge in [0.15, 0.2) is 0 Å². The third-order valence-corrected chi connectivity index (χ3v) is 4.70. The number of hydrogen-bond donors (Lipinski definition) is 1. The maximum absolute atomic E-state index is 12.0. The number of amides is 1. The number of carbonyl (C=O) groups excluding carboxylic acids is 1. The van der Waals surface area contributed by atoms with E-state index < -0.39 is 0 Å². The predicted octanol–water partition coefficient (Wildman–Crippen LogP) is 3.76. The van der Waals surface area contributed by atoms with Crippen LogP contribution in [0.5, 0.6) is 0 Å². The number of rotatable bonds is 3. The van der Waals surface area contributed by atoms with Gasteiger partial charge in [-0.15, -0.1) is 11.3 Å². The molecule has 1 aromatic heterocycles. The Morgan fingerprint density at radius 2 is 2.10 bits per heavy atom. The summed E-state index contributed by atoms with van der Waals surface area (Å²) in [6.45, 7) is 0. The van der Waals surface area contributed by atoms with Crippen molar-refractivity contribution in [2.75, 3.05) is 5.32 Å². The first-order valence-corrected chi connectivity index (χ1v) is 7.68. The molecule has 1 amide bonds. The number of aryl methyl sites for hydroxylation is 1. The molecule has 0 bridgehead atoms. The van der Waals surface area contributed by atoms with Crippen LogP contribution in [-0.4, -0.2) is 5.91 Å². The second kappa shape index (κ2) is 5.94. The summed E-state index contributed by atoms with van der Waals surface area (Å²) in [7, 11) is 0. The standard InChI is InChI=1S/C17H14N2OS/c18-11-14-13-7-4-8-15(13)21-17(14)19-16(20)10-9-12-5-2-1-3-6-12/h1-3,5-6,9-10H,4,7-8H2,(H,19,20). The summed E-state index contributed by atoms with van der Waals surface area (Å²) < 4.78 is 0. The van der Waals surface area contributed by atoms with Crippen LogP contribution in [-0.2, 0) is 17.6 Å². The summed E-state index contributed by atoms with van der Waals surface area (Å²) in [5.41, 5.74) is 2.75. The molecule has 0 saturated heterocycles. The number of hydrogen-bond acceptors (Lipinski definition) is 3. The molecule has 0 aliphatic heterocycles. The normalized spacial score (nSPS) is 13.1. The highest BCUT2D eigenvalue weighted by Gasteiger charge is 2.22. The summed E-state index contributed by atoms with van der Waals surface area (Å²) in [4.78, 5) is 13.2. The highest BCUT2D eigenvalue weighted by Crippen LogP contribution is 2.38. The number of carbonyl (C=O) groups is 1. The van der Waals surface area contributed by atoms with E-state index in [0.717, 1.165) is 30.4 Å². The van der Waals surface area contributed by atoms with Crippen LogP contribution in [0.15, 0.2) is 36.4 Å². The molecule has 0 atom stereocenters. The fraction of sp³-hybridized carbons (Fsp3) is 0.176. The minimum absolute atomic E-state index is 0.199. The molecule has 1 aromatic carbocycles. The fourth-order valence-electron chi connectivity index (χ4n) is 2.50. The van der Waals surface area contributed by atoms with Crippen LogP contribution < -0.4 is 5.32 Å². The minimum atomic E-state index is -0.199. The van der Waals surface area contributed by atoms with Crippen molar-refractivity contribution < 1.29 is 4.79 Å². The lowest BCUT2D eigenvalue weighted by Gasteiger charge is -2.00. The number of nitriles is 1. The van der Waals surface area contributed by atoms with Crippen LogP contribution in [0.1, 0.15) is 28.0 Å². The number of anilines is 1. The molecule has 0 unspecified atom stereocenters. The zero-order chi connectivity index (χ0) is 14.7. The van der Waals surface area contributed by atoms with Crippen LogP contribution in [0.25, 0.3) is 6.08 Å². The number of thiophene rings is 1. The topological polar surface area (TPSA) is 52.9 Å². The third kappa shape index (κ3) is 2.88. The number of benzene rings is 1. The maximum Gasteiger partial charge on any atom is 0.249 e. The van der Waals surface area contributed by atoms with Crippen molar-refractivity contribution in [3.05, 3.63) is 58.0 Å². The lowest BCUT2D eigenvalue weighted by molar-refractivity contribution is -0.111. The van der Waals surface area contributed by atoms with Crippen molar-refractivity contribution in [2.24, 2.45) is 0 Å². The molecule has 3 rings (SSSR count).